The van der Waals surface area contributed by atoms with Crippen LogP contribution in [-0.2, 0) is 9.47 Å². The molecule has 0 amide bonds. The lowest BCUT2D eigenvalue weighted by molar-refractivity contribution is -0.00548. The second kappa shape index (κ2) is 18.7. The highest BCUT2D eigenvalue weighted by molar-refractivity contribution is 9.10. The third-order valence-electron chi connectivity index (χ3n) is 11.4. The predicted octanol–water partition coefficient (Wildman–Crippen LogP) is 12.3. The molecule has 0 radical (unpaired) electrons. The Balaban J connectivity index is 0.000000177. The van der Waals surface area contributed by atoms with Gasteiger partial charge in [0.1, 0.15) is 23.1 Å². The molecule has 2 aromatic heterocycles. The number of aromatic nitrogens is 2. The highest BCUT2D eigenvalue weighted by atomic mass is 79.9. The van der Waals surface area contributed by atoms with E-state index < -0.39 is 0 Å². The number of anilines is 2. The lowest BCUT2D eigenvalue weighted by Gasteiger charge is -2.36. The summed E-state index contributed by atoms with van der Waals surface area (Å²) in [6.45, 7) is 19.0. The summed E-state index contributed by atoms with van der Waals surface area (Å²) in [5, 5.41) is 1.25. The molecule has 4 unspecified atom stereocenters. The summed E-state index contributed by atoms with van der Waals surface area (Å²) >= 11 is 3.38. The number of morpholine rings is 2. The molecule has 2 saturated heterocycles. The maximum Gasteiger partial charge on any atom is 0.187 e. The van der Waals surface area contributed by atoms with Crippen LogP contribution in [0.25, 0.3) is 60.0 Å². The van der Waals surface area contributed by atoms with Gasteiger partial charge in [0.2, 0.25) is 0 Å². The highest BCUT2D eigenvalue weighted by Gasteiger charge is 2.25. The van der Waals surface area contributed by atoms with Gasteiger partial charge in [0.25, 0.3) is 0 Å². The number of pyridine rings is 2. The maximum absolute atomic E-state index is 14.8. The van der Waals surface area contributed by atoms with Gasteiger partial charge in [-0.15, -0.1) is 0 Å². The Morgan fingerprint density at radius 1 is 0.587 bits per heavy atom. The van der Waals surface area contributed by atoms with Crippen molar-refractivity contribution in [1.82, 2.24) is 9.97 Å². The number of fused-ring (bicyclic) bond motifs is 2. The van der Waals surface area contributed by atoms with Gasteiger partial charge < -0.3 is 28.7 Å². The van der Waals surface area contributed by atoms with Gasteiger partial charge in [-0.3, -0.25) is 9.97 Å². The fourth-order valence-electron chi connectivity index (χ4n) is 8.72. The van der Waals surface area contributed by atoms with Gasteiger partial charge in [-0.1, -0.05) is 48.5 Å². The number of halogens is 3. The normalized spacial score (nSPS) is 18.7. The molecule has 63 heavy (non-hydrogen) atoms. The van der Waals surface area contributed by atoms with E-state index in [0.717, 1.165) is 65.4 Å². The summed E-state index contributed by atoms with van der Waals surface area (Å²) < 4.78 is 52.4. The van der Waals surface area contributed by atoms with Crippen molar-refractivity contribution >= 4 is 54.8 Å². The molecule has 4 atom stereocenters. The summed E-state index contributed by atoms with van der Waals surface area (Å²) in [5.41, 5.74) is 9.17. The first kappa shape index (κ1) is 43.5. The standard InChI is InChI=1S/C29H26FN3O2.C22H22BrFN2O2/c1-18-16-33(17-19(2)35-18)24-11-7-21(8-12-24)27-15-32-28-25(20-5-9-23(31-3)10-6-20)13-22(30)14-26(28)29(27)34-4;1-13-11-26(12-14(2)28-13)17-6-4-15(5-7-17)19-10-25-21-18(22(19)27-3)8-16(24)9-20(21)23/h5-15,18-19H,16-17H2,1-2,4H3;4-10,13-14H,11-12H2,1-3H3. The van der Waals surface area contributed by atoms with Gasteiger partial charge in [0.15, 0.2) is 5.69 Å². The zero-order chi connectivity index (χ0) is 44.4. The van der Waals surface area contributed by atoms with Crippen molar-refractivity contribution in [3.63, 3.8) is 0 Å². The first-order valence-corrected chi connectivity index (χ1v) is 21.7. The van der Waals surface area contributed by atoms with Crippen LogP contribution >= 0.6 is 15.9 Å². The molecule has 4 heterocycles. The third kappa shape index (κ3) is 9.32. The maximum atomic E-state index is 14.8. The third-order valence-corrected chi connectivity index (χ3v) is 12.0. The Hall–Kier alpha value is -6.13. The van der Waals surface area contributed by atoms with Crippen molar-refractivity contribution in [2.24, 2.45) is 0 Å². The van der Waals surface area contributed by atoms with Crippen molar-refractivity contribution in [2.45, 2.75) is 52.1 Å². The van der Waals surface area contributed by atoms with E-state index in [1.54, 1.807) is 38.7 Å². The molecule has 5 aromatic carbocycles. The number of methoxy groups -OCH3 is 2. The molecular formula is C51H48BrF2N5O4. The van der Waals surface area contributed by atoms with Gasteiger partial charge in [-0.25, -0.2) is 13.6 Å². The molecule has 0 N–H and O–H groups in total. The molecule has 2 aliphatic rings. The lowest BCUT2D eigenvalue weighted by atomic mass is 9.98. The molecule has 2 fully saturated rings. The molecular weight excluding hydrogens is 864 g/mol. The Morgan fingerprint density at radius 2 is 0.984 bits per heavy atom. The molecule has 7 aromatic rings. The summed E-state index contributed by atoms with van der Waals surface area (Å²) in [6.07, 6.45) is 4.35. The van der Waals surface area contributed by atoms with E-state index in [0.29, 0.717) is 49.0 Å². The molecule has 0 bridgehead atoms. The fourth-order valence-corrected chi connectivity index (χ4v) is 9.25. The molecule has 322 valence electrons. The zero-order valence-electron chi connectivity index (χ0n) is 36.0. The first-order valence-electron chi connectivity index (χ1n) is 20.9. The monoisotopic (exact) mass is 911 g/mol. The Bertz CT molecular complexity index is 2780. The Morgan fingerprint density at radius 3 is 1.43 bits per heavy atom. The number of hydrogen-bond donors (Lipinski definition) is 0. The van der Waals surface area contributed by atoms with Crippen LogP contribution in [0.5, 0.6) is 11.5 Å². The predicted molar refractivity (Wildman–Crippen MR) is 251 cm³/mol. The number of ether oxygens (including phenoxy) is 4. The van der Waals surface area contributed by atoms with Crippen LogP contribution in [0.2, 0.25) is 0 Å². The summed E-state index contributed by atoms with van der Waals surface area (Å²) in [4.78, 5) is 17.3. The number of nitrogens with zero attached hydrogens (tertiary/aromatic N) is 5. The molecule has 9 rings (SSSR count). The van der Waals surface area contributed by atoms with E-state index in [-0.39, 0.29) is 36.1 Å². The zero-order valence-corrected chi connectivity index (χ0v) is 37.6. The van der Waals surface area contributed by atoms with Crippen LogP contribution in [-0.4, -0.2) is 74.8 Å². The van der Waals surface area contributed by atoms with Crippen molar-refractivity contribution < 1.29 is 27.7 Å². The van der Waals surface area contributed by atoms with Crippen molar-refractivity contribution in [1.29, 1.82) is 0 Å². The second-order valence-electron chi connectivity index (χ2n) is 16.1. The molecule has 0 saturated carbocycles. The Kier molecular flexibility index (Phi) is 12.9. The quantitative estimate of drug-likeness (QED) is 0.146. The minimum atomic E-state index is -0.370. The van der Waals surface area contributed by atoms with Gasteiger partial charge in [-0.2, -0.15) is 0 Å². The Labute approximate surface area is 375 Å². The number of hydrogen-bond acceptors (Lipinski definition) is 8. The van der Waals surface area contributed by atoms with E-state index in [2.05, 4.69) is 112 Å². The average molecular weight is 913 g/mol. The molecule has 12 heteroatoms. The largest absolute Gasteiger partial charge is 0.495 e. The minimum absolute atomic E-state index is 0.185. The smallest absolute Gasteiger partial charge is 0.187 e. The fraction of sp³-hybridized carbons (Fsp3) is 0.275. The van der Waals surface area contributed by atoms with Crippen LogP contribution in [0.1, 0.15) is 27.7 Å². The van der Waals surface area contributed by atoms with Crippen LogP contribution in [0.15, 0.2) is 114 Å². The van der Waals surface area contributed by atoms with Crippen molar-refractivity contribution in [2.75, 3.05) is 50.2 Å². The summed E-state index contributed by atoms with van der Waals surface area (Å²) in [7, 11) is 3.19. The van der Waals surface area contributed by atoms with Crippen molar-refractivity contribution in [3.05, 3.63) is 137 Å². The van der Waals surface area contributed by atoms with Gasteiger partial charge in [0, 0.05) is 81.9 Å². The van der Waals surface area contributed by atoms with Crippen LogP contribution in [0.3, 0.4) is 0 Å². The number of benzene rings is 5. The molecule has 0 spiro atoms. The topological polar surface area (TPSA) is 73.5 Å². The van der Waals surface area contributed by atoms with Gasteiger partial charge in [-0.05, 0) is 109 Å². The van der Waals surface area contributed by atoms with E-state index in [9.17, 15) is 8.78 Å². The van der Waals surface area contributed by atoms with E-state index in [1.165, 1.54) is 24.3 Å². The van der Waals surface area contributed by atoms with Gasteiger partial charge >= 0.3 is 0 Å². The average Bonchev–Trinajstić information content (AvgIpc) is 3.27. The SMILES string of the molecule is COc1c(-c2ccc(N3CC(C)OC(C)C3)cc2)cnc2c(Br)cc(F)cc12.[C-]#[N+]c1ccc(-c2cc(F)cc3c(OC)c(-c4ccc(N5CC(C)OC(C)C5)cc4)cnc23)cc1. The molecule has 0 aliphatic carbocycles. The van der Waals surface area contributed by atoms with E-state index >= 15 is 0 Å². The summed E-state index contributed by atoms with van der Waals surface area (Å²) in [5.74, 6) is 0.494. The van der Waals surface area contributed by atoms with Gasteiger partial charge in [0.05, 0.1) is 56.2 Å². The van der Waals surface area contributed by atoms with Crippen LogP contribution in [0.4, 0.5) is 25.8 Å². The van der Waals surface area contributed by atoms with E-state index in [1.807, 2.05) is 12.1 Å². The lowest BCUT2D eigenvalue weighted by Crippen LogP contribution is -2.45. The number of rotatable bonds is 7. The van der Waals surface area contributed by atoms with Crippen LogP contribution < -0.4 is 19.3 Å². The second-order valence-corrected chi connectivity index (χ2v) is 17.0. The minimum Gasteiger partial charge on any atom is -0.495 e. The summed E-state index contributed by atoms with van der Waals surface area (Å²) in [6, 6.07) is 29.5. The first-order chi connectivity index (χ1) is 30.4. The van der Waals surface area contributed by atoms with Crippen LogP contribution in [0, 0.1) is 18.2 Å². The molecule has 9 nitrogen and oxygen atoms in total. The van der Waals surface area contributed by atoms with E-state index in [4.69, 9.17) is 30.5 Å². The molecule has 2 aliphatic heterocycles. The highest BCUT2D eigenvalue weighted by Crippen LogP contribution is 2.41. The van der Waals surface area contributed by atoms with Crippen molar-refractivity contribution in [3.8, 4) is 44.9 Å².